The summed E-state index contributed by atoms with van der Waals surface area (Å²) in [6, 6.07) is 12.4. The third-order valence-electron chi connectivity index (χ3n) is 16.6. The Morgan fingerprint density at radius 2 is 0.962 bits per heavy atom. The van der Waals surface area contributed by atoms with Gasteiger partial charge in [-0.05, 0) is 113 Å². The van der Waals surface area contributed by atoms with Crippen molar-refractivity contribution in [1.82, 2.24) is 55.1 Å². The second kappa shape index (κ2) is 50.3. The van der Waals surface area contributed by atoms with Crippen LogP contribution in [-0.4, -0.2) is 328 Å². The number of benzene rings is 2. The summed E-state index contributed by atoms with van der Waals surface area (Å²) in [4.78, 5) is 169. The molecule has 0 spiro atoms. The molecule has 0 saturated heterocycles. The number of primary sulfonamides is 1. The topological polar surface area (TPSA) is 489 Å². The monoisotopic (exact) mass is 1500 g/mol. The largest absolute Gasteiger partial charge is 0.383 e. The lowest BCUT2D eigenvalue weighted by molar-refractivity contribution is -0.149. The molecule has 0 aromatic heterocycles. The minimum atomic E-state index is -4.05. The van der Waals surface area contributed by atoms with Gasteiger partial charge in [0, 0.05) is 93.4 Å². The van der Waals surface area contributed by atoms with E-state index >= 15 is 0 Å². The van der Waals surface area contributed by atoms with Gasteiger partial charge in [0.1, 0.15) is 18.6 Å². The summed E-state index contributed by atoms with van der Waals surface area (Å²) in [6.07, 6.45) is 5.36. The zero-order valence-electron chi connectivity index (χ0n) is 60.9. The standard InChI is InChI=1S/C67H112N18O17S2/c1-99-35-31-81(42-56(86)76-55(16-13-27-75-67(71)72)66(96)77-54(65(70)95)24-39-103-5)60(90)45-82(32-36-100-2)61(91)46-83(33-37-101-3)62(92)47-84(34-38-102-4)63(93)49-85(52-19-20-52)64(94)48-80(30-23-50-17-21-53(22-18-50)104(73,97)98)59(89)44-79(29-12-10-26-69)58(88)43-78(28-11-9-25-68)57(87)41-74-40-51-14-7-6-8-15-51/h6-8,14-15,17-18,21-22,52,54-55,74H,9-13,16,19-20,23-49,68-69H2,1-5H3,(H2,70,95)(H,76,86)(H,77,96)(H4,71,72,75)(H2,73,97,98)/t54-,55-/m0/s1. The van der Waals surface area contributed by atoms with Crippen molar-refractivity contribution in [2.75, 3.05) is 191 Å². The van der Waals surface area contributed by atoms with Gasteiger partial charge in [0.05, 0.1) is 83.7 Å². The number of nitrogens with one attached hydrogen (secondary N) is 3. The number of primary amides is 1. The maximum Gasteiger partial charge on any atom is 0.243 e. The maximum absolute atomic E-state index is 14.8. The molecule has 2 aromatic rings. The maximum atomic E-state index is 14.8. The van der Waals surface area contributed by atoms with E-state index in [2.05, 4.69) is 20.9 Å². The van der Waals surface area contributed by atoms with E-state index in [4.69, 9.17) is 52.8 Å². The fraction of sp³-hybridized carbons (Fsp3) is 0.642. The van der Waals surface area contributed by atoms with Crippen molar-refractivity contribution in [1.29, 1.82) is 0 Å². The predicted octanol–water partition coefficient (Wildman–Crippen LogP) is -4.22. The van der Waals surface area contributed by atoms with E-state index in [9.17, 15) is 61.2 Å². The van der Waals surface area contributed by atoms with Crippen LogP contribution >= 0.6 is 11.8 Å². The highest BCUT2D eigenvalue weighted by Gasteiger charge is 2.38. The van der Waals surface area contributed by atoms with Crippen LogP contribution in [-0.2, 0) is 94.7 Å². The highest BCUT2D eigenvalue weighted by molar-refractivity contribution is 7.98. The molecule has 11 amide bonds. The Labute approximate surface area is 614 Å². The Kier molecular flexibility index (Phi) is 43.6. The first kappa shape index (κ1) is 90.1. The molecule has 15 N–H and O–H groups in total. The van der Waals surface area contributed by atoms with E-state index in [0.29, 0.717) is 62.9 Å². The van der Waals surface area contributed by atoms with Gasteiger partial charge in [-0.3, -0.25) is 57.7 Å². The molecular weight excluding hydrogens is 1390 g/mol. The first-order valence-electron chi connectivity index (χ1n) is 34.6. The fourth-order valence-electron chi connectivity index (χ4n) is 10.5. The van der Waals surface area contributed by atoms with Crippen LogP contribution < -0.4 is 49.8 Å². The van der Waals surface area contributed by atoms with Crippen LogP contribution in [0.25, 0.3) is 0 Å². The van der Waals surface area contributed by atoms with E-state index in [-0.39, 0.29) is 141 Å². The van der Waals surface area contributed by atoms with E-state index in [1.165, 1.54) is 89.0 Å². The summed E-state index contributed by atoms with van der Waals surface area (Å²) in [5, 5.41) is 13.7. The Balaban J connectivity index is 1.93. The van der Waals surface area contributed by atoms with Gasteiger partial charge >= 0.3 is 0 Å². The number of hydrogen-bond donors (Lipinski definition) is 9. The third kappa shape index (κ3) is 35.6. The number of ether oxygens (including phenoxy) is 4. The molecule has 37 heteroatoms. The molecule has 2 aromatic carbocycles. The zero-order chi connectivity index (χ0) is 77.0. The molecule has 0 radical (unpaired) electrons. The summed E-state index contributed by atoms with van der Waals surface area (Å²) in [6.45, 7) is -4.16. The van der Waals surface area contributed by atoms with Crippen LogP contribution in [0.2, 0.25) is 0 Å². The van der Waals surface area contributed by atoms with Crippen LogP contribution in [0.15, 0.2) is 64.5 Å². The first-order valence-corrected chi connectivity index (χ1v) is 37.6. The van der Waals surface area contributed by atoms with Crippen molar-refractivity contribution in [3.63, 3.8) is 0 Å². The second-order valence-corrected chi connectivity index (χ2v) is 27.3. The van der Waals surface area contributed by atoms with E-state index in [1.54, 1.807) is 0 Å². The number of unbranched alkanes of at least 4 members (excludes halogenated alkanes) is 2. The molecule has 584 valence electrons. The normalized spacial score (nSPS) is 12.4. The number of nitrogens with zero attached hydrogens (tertiary/aromatic N) is 9. The Bertz CT molecular complexity index is 3160. The summed E-state index contributed by atoms with van der Waals surface area (Å²) in [5.74, 6) is -7.03. The lowest BCUT2D eigenvalue weighted by Gasteiger charge is -2.33. The lowest BCUT2D eigenvalue weighted by atomic mass is 10.1. The quantitative estimate of drug-likeness (QED) is 0.0172. The Morgan fingerprint density at radius 3 is 1.39 bits per heavy atom. The van der Waals surface area contributed by atoms with E-state index in [1.807, 2.05) is 36.6 Å². The average molecular weight is 1510 g/mol. The predicted molar refractivity (Wildman–Crippen MR) is 391 cm³/mol. The second-order valence-electron chi connectivity index (χ2n) is 24.8. The molecule has 0 bridgehead atoms. The molecule has 3 rings (SSSR count). The van der Waals surface area contributed by atoms with Crippen molar-refractivity contribution in [3.05, 3.63) is 65.7 Å². The van der Waals surface area contributed by atoms with Crippen LogP contribution in [0.4, 0.5) is 0 Å². The number of rotatable bonds is 56. The number of nitrogens with two attached hydrogens (primary N) is 6. The van der Waals surface area contributed by atoms with Crippen LogP contribution in [0.5, 0.6) is 0 Å². The highest BCUT2D eigenvalue weighted by Crippen LogP contribution is 2.27. The van der Waals surface area contributed by atoms with Gasteiger partial charge in [-0.15, -0.1) is 0 Å². The first-order chi connectivity index (χ1) is 49.7. The van der Waals surface area contributed by atoms with Gasteiger partial charge < -0.3 is 103 Å². The van der Waals surface area contributed by atoms with Gasteiger partial charge in [-0.1, -0.05) is 42.5 Å². The SMILES string of the molecule is COCCN(CC(=O)N[C@@H](CCCN=C(N)N)C(=O)N[C@@H](CCSC)C(N)=O)C(=O)CN(CCOC)C(=O)CN(CCOC)C(=O)CN(CCOC)C(=O)CN(C(=O)CN(CCc1ccc(S(N)(=O)=O)cc1)C(=O)CN(CCCCN)C(=O)CN(CCCCN)C(=O)CNCc1ccccc1)C1CC1. The van der Waals surface area contributed by atoms with E-state index < -0.39 is 133 Å². The molecule has 35 nitrogen and oxygen atoms in total. The number of sulfonamides is 1. The average Bonchev–Trinajstić information content (AvgIpc) is 1.65. The van der Waals surface area contributed by atoms with Crippen molar-refractivity contribution in [3.8, 4) is 0 Å². The highest BCUT2D eigenvalue weighted by atomic mass is 32.2. The van der Waals surface area contributed by atoms with Gasteiger partial charge in [-0.2, -0.15) is 11.8 Å². The van der Waals surface area contributed by atoms with Crippen molar-refractivity contribution in [2.45, 2.75) is 93.8 Å². The van der Waals surface area contributed by atoms with Crippen molar-refractivity contribution in [2.24, 2.45) is 38.8 Å². The van der Waals surface area contributed by atoms with E-state index in [0.717, 1.165) is 20.3 Å². The summed E-state index contributed by atoms with van der Waals surface area (Å²) in [7, 11) is 1.46. The summed E-state index contributed by atoms with van der Waals surface area (Å²) < 4.78 is 45.5. The Hall–Kier alpha value is -8.14. The van der Waals surface area contributed by atoms with Crippen LogP contribution in [0.3, 0.4) is 0 Å². The molecular formula is C67H112N18O17S2. The summed E-state index contributed by atoms with van der Waals surface area (Å²) >= 11 is 1.43. The molecule has 1 fully saturated rings. The smallest absolute Gasteiger partial charge is 0.243 e. The number of thioether (sulfide) groups is 1. The van der Waals surface area contributed by atoms with Gasteiger partial charge in [-0.25, -0.2) is 13.6 Å². The van der Waals surface area contributed by atoms with Crippen LogP contribution in [0, 0.1) is 0 Å². The number of aliphatic imine (C=N–C) groups is 1. The molecule has 2 atom stereocenters. The number of hydrogen-bond acceptors (Lipinski definition) is 22. The van der Waals surface area contributed by atoms with Crippen LogP contribution in [0.1, 0.15) is 68.9 Å². The number of guanidine groups is 1. The van der Waals surface area contributed by atoms with Gasteiger partial charge in [0.25, 0.3) is 0 Å². The summed E-state index contributed by atoms with van der Waals surface area (Å²) in [5.41, 5.74) is 29.8. The van der Waals surface area contributed by atoms with Crippen molar-refractivity contribution < 1.29 is 80.1 Å². The number of methoxy groups -OCH3 is 4. The third-order valence-corrected chi connectivity index (χ3v) is 18.2. The van der Waals surface area contributed by atoms with Gasteiger partial charge in [0.2, 0.25) is 75.0 Å². The number of amides is 11. The minimum Gasteiger partial charge on any atom is -0.383 e. The molecule has 1 aliphatic carbocycles. The molecule has 1 aliphatic rings. The lowest BCUT2D eigenvalue weighted by Crippen LogP contribution is -2.55. The minimum absolute atomic E-state index is 0.0159. The molecule has 0 aliphatic heterocycles. The molecule has 0 unspecified atom stereocenters. The molecule has 104 heavy (non-hydrogen) atoms. The zero-order valence-corrected chi connectivity index (χ0v) is 62.6. The molecule has 1 saturated carbocycles. The Morgan fingerprint density at radius 1 is 0.519 bits per heavy atom. The van der Waals surface area contributed by atoms with Gasteiger partial charge in [0.15, 0.2) is 5.96 Å². The number of carbonyl (C=O) groups is 11. The fourth-order valence-corrected chi connectivity index (χ4v) is 11.5. The van der Waals surface area contributed by atoms with Crippen molar-refractivity contribution >= 4 is 92.7 Å². The molecule has 0 heterocycles. The number of carbonyl (C=O) groups excluding carboxylic acids is 11.